The third-order valence-corrected chi connectivity index (χ3v) is 3.29. The van der Waals surface area contributed by atoms with E-state index in [0.29, 0.717) is 6.42 Å². The first kappa shape index (κ1) is 13.7. The summed E-state index contributed by atoms with van der Waals surface area (Å²) in [4.78, 5) is 11.4. The molecule has 1 aromatic carbocycles. The van der Waals surface area contributed by atoms with Crippen molar-refractivity contribution in [2.24, 2.45) is 5.73 Å². The Morgan fingerprint density at radius 3 is 2.59 bits per heavy atom. The van der Waals surface area contributed by atoms with E-state index in [1.54, 1.807) is 0 Å². The Bertz CT molecular complexity index is 399. The van der Waals surface area contributed by atoms with E-state index in [9.17, 15) is 4.79 Å². The van der Waals surface area contributed by atoms with Crippen molar-refractivity contribution in [1.29, 1.82) is 0 Å². The van der Waals surface area contributed by atoms with Gasteiger partial charge in [0.15, 0.2) is 0 Å². The highest BCUT2D eigenvalue weighted by Crippen LogP contribution is 2.27. The van der Waals surface area contributed by atoms with Crippen LogP contribution in [-0.2, 0) is 9.53 Å². The molecule has 2 N–H and O–H groups in total. The highest BCUT2D eigenvalue weighted by atomic mass is 16.5. The average molecular weight is 235 g/mol. The maximum atomic E-state index is 11.4. The number of methoxy groups -OCH3 is 1. The fraction of sp³-hybridized carbons (Fsp3) is 0.500. The molecule has 17 heavy (non-hydrogen) atoms. The molecule has 3 nitrogen and oxygen atoms in total. The molecule has 0 radical (unpaired) electrons. The van der Waals surface area contributed by atoms with Gasteiger partial charge in [-0.1, -0.05) is 18.2 Å². The number of ether oxygens (including phenoxy) is 1. The summed E-state index contributed by atoms with van der Waals surface area (Å²) in [7, 11) is 1.41. The second-order valence-electron chi connectivity index (χ2n) is 4.54. The Morgan fingerprint density at radius 2 is 2.06 bits per heavy atom. The Balaban J connectivity index is 3.06. The third kappa shape index (κ3) is 3.30. The van der Waals surface area contributed by atoms with Crippen molar-refractivity contribution in [3.8, 4) is 0 Å². The first-order chi connectivity index (χ1) is 7.97. The lowest BCUT2D eigenvalue weighted by molar-refractivity contribution is -0.141. The van der Waals surface area contributed by atoms with Crippen LogP contribution in [0, 0.1) is 13.8 Å². The molecule has 0 amide bonds. The molecule has 0 aliphatic rings. The summed E-state index contributed by atoms with van der Waals surface area (Å²) >= 11 is 0. The molecule has 0 saturated heterocycles. The molecule has 0 aromatic heterocycles. The topological polar surface area (TPSA) is 52.3 Å². The number of hydrogen-bond acceptors (Lipinski definition) is 3. The number of nitrogens with two attached hydrogens (primary N) is 1. The lowest BCUT2D eigenvalue weighted by Crippen LogP contribution is -2.28. The number of aryl methyl sites for hydroxylation is 1. The van der Waals surface area contributed by atoms with Gasteiger partial charge >= 0.3 is 5.97 Å². The van der Waals surface area contributed by atoms with Crippen LogP contribution in [0.5, 0.6) is 0 Å². The van der Waals surface area contributed by atoms with Crippen molar-refractivity contribution < 1.29 is 9.53 Å². The van der Waals surface area contributed by atoms with Gasteiger partial charge in [0.2, 0.25) is 0 Å². The van der Waals surface area contributed by atoms with Gasteiger partial charge in [0.1, 0.15) is 0 Å². The van der Waals surface area contributed by atoms with E-state index < -0.39 is 0 Å². The largest absolute Gasteiger partial charge is 0.469 e. The van der Waals surface area contributed by atoms with E-state index in [4.69, 9.17) is 10.5 Å². The standard InChI is InChI=1S/C14H21NO2/c1-9-6-5-7-12(10(9)2)13(11(3)15)8-14(16)17-4/h5-7,11,13H,8,15H2,1-4H3. The Kier molecular flexibility index (Phi) is 4.70. The number of carbonyl (C=O) groups excluding carboxylic acids is 1. The second kappa shape index (κ2) is 5.82. The van der Waals surface area contributed by atoms with Gasteiger partial charge < -0.3 is 10.5 Å². The Hall–Kier alpha value is -1.35. The summed E-state index contributed by atoms with van der Waals surface area (Å²) in [6, 6.07) is 6.04. The van der Waals surface area contributed by atoms with Crippen LogP contribution in [0.4, 0.5) is 0 Å². The molecule has 1 aromatic rings. The molecule has 0 heterocycles. The molecule has 0 fully saturated rings. The summed E-state index contributed by atoms with van der Waals surface area (Å²) in [5, 5.41) is 0. The van der Waals surface area contributed by atoms with Gasteiger partial charge in [-0.05, 0) is 37.5 Å². The summed E-state index contributed by atoms with van der Waals surface area (Å²) < 4.78 is 4.73. The molecule has 3 heteroatoms. The molecule has 0 aliphatic carbocycles. The lowest BCUT2D eigenvalue weighted by atomic mass is 9.86. The summed E-state index contributed by atoms with van der Waals surface area (Å²) in [5.74, 6) is -0.199. The normalized spacial score (nSPS) is 14.2. The molecular formula is C14H21NO2. The van der Waals surface area contributed by atoms with Crippen molar-refractivity contribution in [3.63, 3.8) is 0 Å². The summed E-state index contributed by atoms with van der Waals surface area (Å²) in [5.41, 5.74) is 9.55. The first-order valence-corrected chi connectivity index (χ1v) is 5.86. The van der Waals surface area contributed by atoms with Gasteiger partial charge in [-0.3, -0.25) is 4.79 Å². The zero-order valence-electron chi connectivity index (χ0n) is 11.0. The Labute approximate surface area is 103 Å². The van der Waals surface area contributed by atoms with Crippen molar-refractivity contribution in [3.05, 3.63) is 34.9 Å². The van der Waals surface area contributed by atoms with Gasteiger partial charge in [0.25, 0.3) is 0 Å². The zero-order chi connectivity index (χ0) is 13.0. The number of carbonyl (C=O) groups is 1. The van der Waals surface area contributed by atoms with E-state index >= 15 is 0 Å². The van der Waals surface area contributed by atoms with Crippen LogP contribution in [0.2, 0.25) is 0 Å². The quantitative estimate of drug-likeness (QED) is 0.815. The highest BCUT2D eigenvalue weighted by Gasteiger charge is 2.22. The van der Waals surface area contributed by atoms with Crippen LogP contribution in [0.1, 0.15) is 36.0 Å². The van der Waals surface area contributed by atoms with Crippen molar-refractivity contribution in [1.82, 2.24) is 0 Å². The van der Waals surface area contributed by atoms with Crippen molar-refractivity contribution in [2.45, 2.75) is 39.2 Å². The third-order valence-electron chi connectivity index (χ3n) is 3.29. The fourth-order valence-electron chi connectivity index (χ4n) is 2.02. The van der Waals surface area contributed by atoms with Crippen LogP contribution >= 0.6 is 0 Å². The fourth-order valence-corrected chi connectivity index (χ4v) is 2.02. The molecule has 94 valence electrons. The monoisotopic (exact) mass is 235 g/mol. The van der Waals surface area contributed by atoms with Crippen LogP contribution in [0.15, 0.2) is 18.2 Å². The zero-order valence-corrected chi connectivity index (χ0v) is 11.0. The van der Waals surface area contributed by atoms with Crippen LogP contribution in [0.3, 0.4) is 0 Å². The molecule has 0 saturated carbocycles. The maximum Gasteiger partial charge on any atom is 0.306 e. The molecule has 1 rings (SSSR count). The minimum atomic E-state index is -0.215. The van der Waals surface area contributed by atoms with E-state index in [1.165, 1.54) is 18.2 Å². The minimum absolute atomic E-state index is 0.0161. The molecule has 0 aliphatic heterocycles. The SMILES string of the molecule is COC(=O)CC(c1cccc(C)c1C)C(C)N. The van der Waals surface area contributed by atoms with Gasteiger partial charge in [-0.25, -0.2) is 0 Å². The average Bonchev–Trinajstić information content (AvgIpc) is 2.29. The van der Waals surface area contributed by atoms with Gasteiger partial charge in [-0.15, -0.1) is 0 Å². The predicted molar refractivity (Wildman–Crippen MR) is 68.9 cm³/mol. The van der Waals surface area contributed by atoms with E-state index in [2.05, 4.69) is 19.9 Å². The number of benzene rings is 1. The van der Waals surface area contributed by atoms with E-state index in [1.807, 2.05) is 19.1 Å². The second-order valence-corrected chi connectivity index (χ2v) is 4.54. The van der Waals surface area contributed by atoms with Gasteiger partial charge in [0.05, 0.1) is 13.5 Å². The lowest BCUT2D eigenvalue weighted by Gasteiger charge is -2.22. The number of hydrogen-bond donors (Lipinski definition) is 1. The summed E-state index contributed by atoms with van der Waals surface area (Å²) in [6.45, 7) is 6.06. The van der Waals surface area contributed by atoms with Crippen molar-refractivity contribution in [2.75, 3.05) is 7.11 Å². The van der Waals surface area contributed by atoms with Crippen LogP contribution in [0.25, 0.3) is 0 Å². The highest BCUT2D eigenvalue weighted by molar-refractivity contribution is 5.70. The minimum Gasteiger partial charge on any atom is -0.469 e. The van der Waals surface area contributed by atoms with E-state index in [0.717, 1.165) is 5.56 Å². The van der Waals surface area contributed by atoms with Crippen molar-refractivity contribution >= 4 is 5.97 Å². The van der Waals surface area contributed by atoms with E-state index in [-0.39, 0.29) is 17.9 Å². The Morgan fingerprint density at radius 1 is 1.41 bits per heavy atom. The molecular weight excluding hydrogens is 214 g/mol. The number of rotatable bonds is 4. The first-order valence-electron chi connectivity index (χ1n) is 5.86. The maximum absolute atomic E-state index is 11.4. The molecule has 2 atom stereocenters. The molecule has 0 spiro atoms. The van der Waals surface area contributed by atoms with Crippen LogP contribution in [-0.4, -0.2) is 19.1 Å². The molecule has 0 bridgehead atoms. The molecule has 2 unspecified atom stereocenters. The number of esters is 1. The van der Waals surface area contributed by atoms with Crippen LogP contribution < -0.4 is 5.73 Å². The van der Waals surface area contributed by atoms with Gasteiger partial charge in [-0.2, -0.15) is 0 Å². The van der Waals surface area contributed by atoms with Gasteiger partial charge in [0, 0.05) is 12.0 Å². The smallest absolute Gasteiger partial charge is 0.306 e. The predicted octanol–water partition coefficient (Wildman–Crippen LogP) is 2.30. The summed E-state index contributed by atoms with van der Waals surface area (Å²) in [6.07, 6.45) is 0.332.